The highest BCUT2D eigenvalue weighted by molar-refractivity contribution is 5.69. The molecule has 0 aromatic rings. The number of esters is 1. The maximum Gasteiger partial charge on any atom is 0.306 e. The van der Waals surface area contributed by atoms with Crippen LogP contribution in [0, 0.1) is 11.8 Å². The van der Waals surface area contributed by atoms with E-state index in [1.54, 1.807) is 0 Å². The van der Waals surface area contributed by atoms with Gasteiger partial charge in [0.05, 0.1) is 6.61 Å². The monoisotopic (exact) mass is 214 g/mol. The first kappa shape index (κ1) is 14.5. The lowest BCUT2D eigenvalue weighted by molar-refractivity contribution is -0.144. The maximum atomic E-state index is 11.2. The van der Waals surface area contributed by atoms with Crippen molar-refractivity contribution >= 4 is 5.97 Å². The van der Waals surface area contributed by atoms with Crippen molar-refractivity contribution in [1.29, 1.82) is 0 Å². The van der Waals surface area contributed by atoms with Crippen molar-refractivity contribution in [1.82, 2.24) is 0 Å². The zero-order valence-corrected chi connectivity index (χ0v) is 10.7. The van der Waals surface area contributed by atoms with Crippen LogP contribution in [0.1, 0.15) is 59.8 Å². The molecule has 0 N–H and O–H groups in total. The molecule has 0 radical (unpaired) electrons. The van der Waals surface area contributed by atoms with Gasteiger partial charge in [-0.25, -0.2) is 0 Å². The lowest BCUT2D eigenvalue weighted by atomic mass is 9.95. The molecule has 0 heterocycles. The highest BCUT2D eigenvalue weighted by Crippen LogP contribution is 2.17. The average molecular weight is 214 g/mol. The molecule has 0 aromatic heterocycles. The number of hydrogen-bond donors (Lipinski definition) is 0. The molecule has 0 amide bonds. The van der Waals surface area contributed by atoms with Crippen molar-refractivity contribution in [2.24, 2.45) is 11.8 Å². The molecule has 0 saturated heterocycles. The summed E-state index contributed by atoms with van der Waals surface area (Å²) in [5.74, 6) is 1.24. The molecule has 0 bridgehead atoms. The molecule has 0 saturated carbocycles. The second-order valence-electron chi connectivity index (χ2n) is 4.56. The quantitative estimate of drug-likeness (QED) is 0.575. The molecule has 0 aliphatic rings. The van der Waals surface area contributed by atoms with E-state index in [0.717, 1.165) is 12.3 Å². The predicted molar refractivity (Wildman–Crippen MR) is 63.7 cm³/mol. The van der Waals surface area contributed by atoms with Gasteiger partial charge in [0.15, 0.2) is 0 Å². The van der Waals surface area contributed by atoms with Crippen molar-refractivity contribution in [2.75, 3.05) is 6.61 Å². The van der Waals surface area contributed by atoms with Gasteiger partial charge in [0.2, 0.25) is 0 Å². The van der Waals surface area contributed by atoms with E-state index in [9.17, 15) is 4.79 Å². The van der Waals surface area contributed by atoms with Crippen LogP contribution >= 0.6 is 0 Å². The van der Waals surface area contributed by atoms with Gasteiger partial charge in [-0.15, -0.1) is 0 Å². The summed E-state index contributed by atoms with van der Waals surface area (Å²) in [4.78, 5) is 11.2. The molecule has 15 heavy (non-hydrogen) atoms. The van der Waals surface area contributed by atoms with Crippen LogP contribution in [0.3, 0.4) is 0 Å². The van der Waals surface area contributed by atoms with Gasteiger partial charge < -0.3 is 4.74 Å². The molecule has 0 spiro atoms. The van der Waals surface area contributed by atoms with E-state index < -0.39 is 0 Å². The SMILES string of the molecule is CCOC(=O)CC(C)CCCC(C)CC. The van der Waals surface area contributed by atoms with E-state index in [4.69, 9.17) is 4.74 Å². The number of carbonyl (C=O) groups is 1. The van der Waals surface area contributed by atoms with Crippen molar-refractivity contribution in [3.63, 3.8) is 0 Å². The Hall–Kier alpha value is -0.530. The predicted octanol–water partition coefficient (Wildman–Crippen LogP) is 3.79. The van der Waals surface area contributed by atoms with Crippen LogP contribution in [0.4, 0.5) is 0 Å². The summed E-state index contributed by atoms with van der Waals surface area (Å²) >= 11 is 0. The van der Waals surface area contributed by atoms with E-state index >= 15 is 0 Å². The van der Waals surface area contributed by atoms with Gasteiger partial charge in [0.1, 0.15) is 0 Å². The van der Waals surface area contributed by atoms with Gasteiger partial charge >= 0.3 is 5.97 Å². The number of ether oxygens (including phenoxy) is 1. The lowest BCUT2D eigenvalue weighted by Gasteiger charge is -2.12. The van der Waals surface area contributed by atoms with Crippen LogP contribution in [0.2, 0.25) is 0 Å². The Morgan fingerprint density at radius 2 is 1.73 bits per heavy atom. The Bertz CT molecular complexity index is 166. The standard InChI is InChI=1S/C13H26O2/c1-5-11(3)8-7-9-12(4)10-13(14)15-6-2/h11-12H,5-10H2,1-4H3. The molecule has 0 fully saturated rings. The van der Waals surface area contributed by atoms with Crippen LogP contribution in [0.5, 0.6) is 0 Å². The van der Waals surface area contributed by atoms with Gasteiger partial charge in [-0.3, -0.25) is 4.79 Å². The van der Waals surface area contributed by atoms with E-state index in [2.05, 4.69) is 20.8 Å². The van der Waals surface area contributed by atoms with Crippen molar-refractivity contribution in [3.8, 4) is 0 Å². The second-order valence-corrected chi connectivity index (χ2v) is 4.56. The summed E-state index contributed by atoms with van der Waals surface area (Å²) in [6.45, 7) is 9.00. The Labute approximate surface area is 94.4 Å². The molecular weight excluding hydrogens is 188 g/mol. The van der Waals surface area contributed by atoms with Gasteiger partial charge in [0.25, 0.3) is 0 Å². The summed E-state index contributed by atoms with van der Waals surface area (Å²) in [6.07, 6.45) is 5.49. The summed E-state index contributed by atoms with van der Waals surface area (Å²) in [6, 6.07) is 0. The second kappa shape index (κ2) is 8.75. The molecule has 2 heteroatoms. The van der Waals surface area contributed by atoms with Gasteiger partial charge in [0, 0.05) is 6.42 Å². The van der Waals surface area contributed by atoms with E-state index in [0.29, 0.717) is 18.9 Å². The highest BCUT2D eigenvalue weighted by Gasteiger charge is 2.10. The zero-order chi connectivity index (χ0) is 11.7. The smallest absolute Gasteiger partial charge is 0.306 e. The molecule has 2 unspecified atom stereocenters. The van der Waals surface area contributed by atoms with Gasteiger partial charge in [-0.05, 0) is 18.8 Å². The normalized spacial score (nSPS) is 14.7. The van der Waals surface area contributed by atoms with Crippen LogP contribution in [0.25, 0.3) is 0 Å². The van der Waals surface area contributed by atoms with Crippen molar-refractivity contribution in [3.05, 3.63) is 0 Å². The largest absolute Gasteiger partial charge is 0.466 e. The van der Waals surface area contributed by atoms with E-state index in [-0.39, 0.29) is 5.97 Å². The fraction of sp³-hybridized carbons (Fsp3) is 0.923. The van der Waals surface area contributed by atoms with Crippen molar-refractivity contribution in [2.45, 2.75) is 59.8 Å². The van der Waals surface area contributed by atoms with E-state index in [1.807, 2.05) is 6.92 Å². The maximum absolute atomic E-state index is 11.2. The fourth-order valence-electron chi connectivity index (χ4n) is 1.63. The molecule has 2 atom stereocenters. The van der Waals surface area contributed by atoms with Crippen LogP contribution in [0.15, 0.2) is 0 Å². The molecule has 0 rings (SSSR count). The Kier molecular flexibility index (Phi) is 8.44. The number of hydrogen-bond acceptors (Lipinski definition) is 2. The third-order valence-electron chi connectivity index (χ3n) is 2.91. The minimum Gasteiger partial charge on any atom is -0.466 e. The third-order valence-corrected chi connectivity index (χ3v) is 2.91. The van der Waals surface area contributed by atoms with Gasteiger partial charge in [-0.2, -0.15) is 0 Å². The van der Waals surface area contributed by atoms with Crippen LogP contribution in [-0.4, -0.2) is 12.6 Å². The first-order valence-electron chi connectivity index (χ1n) is 6.25. The summed E-state index contributed by atoms with van der Waals surface area (Å²) < 4.78 is 4.92. The molecule has 90 valence electrons. The molecular formula is C13H26O2. The van der Waals surface area contributed by atoms with Crippen LogP contribution in [-0.2, 0) is 9.53 Å². The Morgan fingerprint density at radius 3 is 2.27 bits per heavy atom. The summed E-state index contributed by atoms with van der Waals surface area (Å²) in [5, 5.41) is 0. The minimum absolute atomic E-state index is 0.0476. The molecule has 0 aromatic carbocycles. The fourth-order valence-corrected chi connectivity index (χ4v) is 1.63. The topological polar surface area (TPSA) is 26.3 Å². The number of carbonyl (C=O) groups excluding carboxylic acids is 1. The minimum atomic E-state index is -0.0476. The first-order valence-corrected chi connectivity index (χ1v) is 6.25. The molecule has 0 aliphatic carbocycles. The Balaban J connectivity index is 3.48. The third kappa shape index (κ3) is 8.46. The molecule has 2 nitrogen and oxygen atoms in total. The highest BCUT2D eigenvalue weighted by atomic mass is 16.5. The average Bonchev–Trinajstić information content (AvgIpc) is 2.17. The molecule has 0 aliphatic heterocycles. The van der Waals surface area contributed by atoms with Gasteiger partial charge in [-0.1, -0.05) is 46.5 Å². The first-order chi connectivity index (χ1) is 7.10. The summed E-state index contributed by atoms with van der Waals surface area (Å²) in [5.41, 5.74) is 0. The Morgan fingerprint density at radius 1 is 1.13 bits per heavy atom. The van der Waals surface area contributed by atoms with E-state index in [1.165, 1.54) is 19.3 Å². The zero-order valence-electron chi connectivity index (χ0n) is 10.7. The number of rotatable bonds is 8. The van der Waals surface area contributed by atoms with Crippen molar-refractivity contribution < 1.29 is 9.53 Å². The van der Waals surface area contributed by atoms with Crippen LogP contribution < -0.4 is 0 Å². The lowest BCUT2D eigenvalue weighted by Crippen LogP contribution is -2.09. The summed E-state index contributed by atoms with van der Waals surface area (Å²) in [7, 11) is 0.